The fourth-order valence-electron chi connectivity index (χ4n) is 1.86. The Bertz CT molecular complexity index is 428. The average Bonchev–Trinajstić information content (AvgIpc) is 2.31. The molecule has 17 heavy (non-hydrogen) atoms. The Morgan fingerprint density at radius 3 is 2.53 bits per heavy atom. The van der Waals surface area contributed by atoms with E-state index in [2.05, 4.69) is 11.4 Å². The van der Waals surface area contributed by atoms with Crippen molar-refractivity contribution in [2.75, 3.05) is 13.7 Å². The summed E-state index contributed by atoms with van der Waals surface area (Å²) >= 11 is 0. The van der Waals surface area contributed by atoms with Crippen molar-refractivity contribution in [3.63, 3.8) is 0 Å². The molecular formula is C13H20N2O2. The Balaban J connectivity index is 3.05. The quantitative estimate of drug-likeness (QED) is 0.825. The van der Waals surface area contributed by atoms with Gasteiger partial charge in [-0.3, -0.25) is 4.79 Å². The summed E-state index contributed by atoms with van der Waals surface area (Å²) in [5.74, 6) is 0.685. The summed E-state index contributed by atoms with van der Waals surface area (Å²) in [7, 11) is 1.65. The van der Waals surface area contributed by atoms with E-state index in [4.69, 9.17) is 10.5 Å². The number of nitrogens with one attached hydrogen (secondary N) is 1. The molecule has 0 bridgehead atoms. The summed E-state index contributed by atoms with van der Waals surface area (Å²) in [5, 5.41) is 2.77. The van der Waals surface area contributed by atoms with Gasteiger partial charge in [0.2, 0.25) is 5.91 Å². The summed E-state index contributed by atoms with van der Waals surface area (Å²) in [5.41, 5.74) is 9.67. The van der Waals surface area contributed by atoms with Crippen LogP contribution in [0.1, 0.15) is 22.3 Å². The Kier molecular flexibility index (Phi) is 4.52. The molecule has 0 unspecified atom stereocenters. The maximum Gasteiger partial charge on any atom is 0.234 e. The van der Waals surface area contributed by atoms with Crippen molar-refractivity contribution in [3.8, 4) is 5.75 Å². The molecule has 0 aliphatic heterocycles. The molecule has 0 radical (unpaired) electrons. The Labute approximate surface area is 102 Å². The Morgan fingerprint density at radius 2 is 2.00 bits per heavy atom. The molecule has 1 amide bonds. The molecule has 1 rings (SSSR count). The summed E-state index contributed by atoms with van der Waals surface area (Å²) < 4.78 is 5.42. The second kappa shape index (κ2) is 5.68. The first-order valence-electron chi connectivity index (χ1n) is 5.61. The number of carbonyl (C=O) groups excluding carboxylic acids is 1. The van der Waals surface area contributed by atoms with Crippen molar-refractivity contribution in [2.45, 2.75) is 27.3 Å². The molecule has 94 valence electrons. The number of methoxy groups -OCH3 is 1. The Hall–Kier alpha value is -1.55. The molecule has 0 spiro atoms. The number of aryl methyl sites for hydroxylation is 2. The predicted molar refractivity (Wildman–Crippen MR) is 68.1 cm³/mol. The first-order chi connectivity index (χ1) is 8.01. The van der Waals surface area contributed by atoms with E-state index < -0.39 is 0 Å². The van der Waals surface area contributed by atoms with Crippen molar-refractivity contribution in [3.05, 3.63) is 28.3 Å². The van der Waals surface area contributed by atoms with E-state index in [0.29, 0.717) is 6.54 Å². The maximum absolute atomic E-state index is 11.2. The fourth-order valence-corrected chi connectivity index (χ4v) is 1.86. The number of amides is 1. The third-order valence-corrected chi connectivity index (χ3v) is 2.97. The number of hydrogen-bond acceptors (Lipinski definition) is 3. The van der Waals surface area contributed by atoms with Gasteiger partial charge in [0.25, 0.3) is 0 Å². The number of benzene rings is 1. The van der Waals surface area contributed by atoms with E-state index in [1.807, 2.05) is 20.8 Å². The van der Waals surface area contributed by atoms with Crippen LogP contribution in [0.4, 0.5) is 0 Å². The molecular weight excluding hydrogens is 216 g/mol. The van der Waals surface area contributed by atoms with Crippen LogP contribution < -0.4 is 15.8 Å². The summed E-state index contributed by atoms with van der Waals surface area (Å²) in [6.45, 7) is 6.53. The van der Waals surface area contributed by atoms with Gasteiger partial charge in [0.15, 0.2) is 0 Å². The van der Waals surface area contributed by atoms with E-state index in [9.17, 15) is 4.79 Å². The predicted octanol–water partition coefficient (Wildman–Crippen LogP) is 1.20. The molecule has 1 aromatic rings. The van der Waals surface area contributed by atoms with Crippen molar-refractivity contribution in [1.29, 1.82) is 0 Å². The minimum Gasteiger partial charge on any atom is -0.496 e. The number of carbonyl (C=O) groups is 1. The van der Waals surface area contributed by atoms with Gasteiger partial charge >= 0.3 is 0 Å². The van der Waals surface area contributed by atoms with E-state index in [-0.39, 0.29) is 12.5 Å². The number of hydrogen-bond donors (Lipinski definition) is 2. The lowest BCUT2D eigenvalue weighted by molar-refractivity contribution is -0.119. The molecule has 0 atom stereocenters. The van der Waals surface area contributed by atoms with Gasteiger partial charge in [0.05, 0.1) is 13.7 Å². The molecule has 3 N–H and O–H groups in total. The molecule has 0 aliphatic rings. The van der Waals surface area contributed by atoms with Gasteiger partial charge in [-0.05, 0) is 37.5 Å². The van der Waals surface area contributed by atoms with Crippen LogP contribution in [-0.4, -0.2) is 19.6 Å². The molecule has 4 heteroatoms. The molecule has 0 aliphatic carbocycles. The maximum atomic E-state index is 11.2. The van der Waals surface area contributed by atoms with Gasteiger partial charge in [0.1, 0.15) is 5.75 Å². The third kappa shape index (κ3) is 2.97. The number of nitrogens with two attached hydrogens (primary N) is 1. The van der Waals surface area contributed by atoms with Crippen molar-refractivity contribution < 1.29 is 9.53 Å². The van der Waals surface area contributed by atoms with E-state index >= 15 is 0 Å². The molecule has 4 nitrogen and oxygen atoms in total. The van der Waals surface area contributed by atoms with E-state index in [1.54, 1.807) is 7.11 Å². The van der Waals surface area contributed by atoms with Crippen LogP contribution in [0.3, 0.4) is 0 Å². The molecule has 0 fully saturated rings. The van der Waals surface area contributed by atoms with Crippen LogP contribution in [0.5, 0.6) is 5.75 Å². The van der Waals surface area contributed by atoms with Gasteiger partial charge in [-0.25, -0.2) is 0 Å². The summed E-state index contributed by atoms with van der Waals surface area (Å²) in [4.78, 5) is 11.2. The summed E-state index contributed by atoms with van der Waals surface area (Å²) in [6, 6.07) is 2.10. The third-order valence-electron chi connectivity index (χ3n) is 2.97. The van der Waals surface area contributed by atoms with Gasteiger partial charge in [-0.1, -0.05) is 6.07 Å². The lowest BCUT2D eigenvalue weighted by Crippen LogP contribution is -2.30. The second-order valence-corrected chi connectivity index (χ2v) is 4.13. The molecule has 0 saturated carbocycles. The largest absolute Gasteiger partial charge is 0.496 e. The zero-order chi connectivity index (χ0) is 13.0. The minimum atomic E-state index is -0.162. The zero-order valence-electron chi connectivity index (χ0n) is 10.9. The van der Waals surface area contributed by atoms with Crippen molar-refractivity contribution >= 4 is 5.91 Å². The molecule has 0 saturated heterocycles. The topological polar surface area (TPSA) is 64.3 Å². The zero-order valence-corrected chi connectivity index (χ0v) is 10.9. The van der Waals surface area contributed by atoms with E-state index in [0.717, 1.165) is 22.4 Å². The van der Waals surface area contributed by atoms with Crippen LogP contribution in [0, 0.1) is 20.8 Å². The molecule has 0 heterocycles. The minimum absolute atomic E-state index is 0.00616. The number of rotatable bonds is 4. The monoisotopic (exact) mass is 236 g/mol. The normalized spacial score (nSPS) is 10.2. The summed E-state index contributed by atoms with van der Waals surface area (Å²) in [6.07, 6.45) is 0. The first kappa shape index (κ1) is 13.5. The highest BCUT2D eigenvalue weighted by Crippen LogP contribution is 2.29. The van der Waals surface area contributed by atoms with Gasteiger partial charge in [-0.2, -0.15) is 0 Å². The van der Waals surface area contributed by atoms with Crippen LogP contribution in [0.2, 0.25) is 0 Å². The highest BCUT2D eigenvalue weighted by Gasteiger charge is 2.12. The fraction of sp³-hybridized carbons (Fsp3) is 0.462. The standard InChI is InChI=1S/C13H20N2O2/c1-8-5-9(2)11(7-15-12(16)6-14)13(17-4)10(8)3/h5H,6-7,14H2,1-4H3,(H,15,16). The smallest absolute Gasteiger partial charge is 0.234 e. The van der Waals surface area contributed by atoms with Crippen LogP contribution in [-0.2, 0) is 11.3 Å². The van der Waals surface area contributed by atoms with E-state index in [1.165, 1.54) is 5.56 Å². The lowest BCUT2D eigenvalue weighted by Gasteiger charge is -2.16. The van der Waals surface area contributed by atoms with Crippen LogP contribution in [0.15, 0.2) is 6.07 Å². The number of ether oxygens (including phenoxy) is 1. The van der Waals surface area contributed by atoms with Crippen LogP contribution in [0.25, 0.3) is 0 Å². The first-order valence-corrected chi connectivity index (χ1v) is 5.61. The van der Waals surface area contributed by atoms with Crippen molar-refractivity contribution in [1.82, 2.24) is 5.32 Å². The Morgan fingerprint density at radius 1 is 1.35 bits per heavy atom. The second-order valence-electron chi connectivity index (χ2n) is 4.13. The SMILES string of the molecule is COc1c(C)c(C)cc(C)c1CNC(=O)CN. The van der Waals surface area contributed by atoms with Crippen molar-refractivity contribution in [2.24, 2.45) is 5.73 Å². The highest BCUT2D eigenvalue weighted by molar-refractivity contribution is 5.77. The van der Waals surface area contributed by atoms with Crippen LogP contribution >= 0.6 is 0 Å². The van der Waals surface area contributed by atoms with Gasteiger partial charge < -0.3 is 15.8 Å². The molecule has 0 aromatic heterocycles. The molecule has 1 aromatic carbocycles. The van der Waals surface area contributed by atoms with Gasteiger partial charge in [0, 0.05) is 12.1 Å². The average molecular weight is 236 g/mol. The van der Waals surface area contributed by atoms with Gasteiger partial charge in [-0.15, -0.1) is 0 Å². The highest BCUT2D eigenvalue weighted by atomic mass is 16.5. The lowest BCUT2D eigenvalue weighted by atomic mass is 9.99.